The highest BCUT2D eigenvalue weighted by Crippen LogP contribution is 2.68. The molecule has 0 aromatic heterocycles. The second kappa shape index (κ2) is 6.81. The average Bonchev–Trinajstić information content (AvgIpc) is 2.61. The van der Waals surface area contributed by atoms with Crippen LogP contribution < -0.4 is 0 Å². The van der Waals surface area contributed by atoms with Crippen molar-refractivity contribution in [2.75, 3.05) is 5.08 Å². The monoisotopic (exact) mass is 358 g/mol. The zero-order chi connectivity index (χ0) is 17.0. The minimum Gasteiger partial charge on any atom is -0.285 e. The number of hydrogen-bond donors (Lipinski definition) is 1. The third-order valence-electron chi connectivity index (χ3n) is 3.76. The molecule has 0 saturated carbocycles. The van der Waals surface area contributed by atoms with E-state index in [1.165, 1.54) is 0 Å². The summed E-state index contributed by atoms with van der Waals surface area (Å²) in [6.07, 6.45) is 0. The summed E-state index contributed by atoms with van der Waals surface area (Å²) >= 11 is 0. The summed E-state index contributed by atoms with van der Waals surface area (Å²) in [5.41, 5.74) is 0. The van der Waals surface area contributed by atoms with Gasteiger partial charge in [-0.25, -0.2) is 0 Å². The van der Waals surface area contributed by atoms with Crippen LogP contribution >= 0.6 is 10.0 Å². The summed E-state index contributed by atoms with van der Waals surface area (Å²) in [4.78, 5) is 2.71. The van der Waals surface area contributed by atoms with E-state index >= 15 is 0 Å². The standard InChI is InChI=1S/C19H18O3S2/c20-24(21,22)16-23(17-10-4-1-5-11-17,18-12-6-2-7-13-18)19-14-8-3-9-15-19/h1-15H,16H2,(H,20,21,22). The maximum Gasteiger partial charge on any atom is 0.273 e. The predicted molar refractivity (Wildman–Crippen MR) is 98.1 cm³/mol. The van der Waals surface area contributed by atoms with Crippen LogP contribution in [0.4, 0.5) is 0 Å². The summed E-state index contributed by atoms with van der Waals surface area (Å²) < 4.78 is 33.6. The number of benzene rings is 3. The van der Waals surface area contributed by atoms with Crippen molar-refractivity contribution < 1.29 is 13.0 Å². The Bertz CT molecular complexity index is 796. The van der Waals surface area contributed by atoms with E-state index in [0.717, 1.165) is 14.7 Å². The first-order chi connectivity index (χ1) is 11.5. The molecule has 0 unspecified atom stereocenters. The van der Waals surface area contributed by atoms with Crippen molar-refractivity contribution in [2.45, 2.75) is 14.7 Å². The maximum atomic E-state index is 11.9. The highest BCUT2D eigenvalue weighted by Gasteiger charge is 2.35. The second-order valence-corrected chi connectivity index (χ2v) is 10.4. The Labute approximate surface area is 144 Å². The molecule has 0 amide bonds. The topological polar surface area (TPSA) is 54.4 Å². The van der Waals surface area contributed by atoms with E-state index in [2.05, 4.69) is 0 Å². The summed E-state index contributed by atoms with van der Waals surface area (Å²) in [5.74, 6) is 0. The minimum absolute atomic E-state index is 0.335. The zero-order valence-electron chi connectivity index (χ0n) is 12.9. The molecular formula is C19H18O3S2. The Hall–Kier alpha value is -2.08. The fourth-order valence-electron chi connectivity index (χ4n) is 2.79. The summed E-state index contributed by atoms with van der Waals surface area (Å²) in [5, 5.41) is -0.335. The predicted octanol–water partition coefficient (Wildman–Crippen LogP) is 4.81. The molecule has 3 rings (SSSR count). The third-order valence-corrected chi connectivity index (χ3v) is 9.60. The molecule has 0 fully saturated rings. The van der Waals surface area contributed by atoms with Crippen molar-refractivity contribution in [1.29, 1.82) is 0 Å². The van der Waals surface area contributed by atoms with Crippen molar-refractivity contribution in [3.05, 3.63) is 91.0 Å². The molecule has 3 aromatic carbocycles. The van der Waals surface area contributed by atoms with Crippen LogP contribution in [-0.2, 0) is 10.1 Å². The van der Waals surface area contributed by atoms with Crippen LogP contribution in [-0.4, -0.2) is 18.1 Å². The molecule has 0 radical (unpaired) electrons. The minimum atomic E-state index is -4.19. The summed E-state index contributed by atoms with van der Waals surface area (Å²) in [7, 11) is -6.32. The number of hydrogen-bond acceptors (Lipinski definition) is 2. The normalized spacial score (nSPS) is 12.7. The lowest BCUT2D eigenvalue weighted by molar-refractivity contribution is 0.488. The van der Waals surface area contributed by atoms with E-state index < -0.39 is 20.1 Å². The molecule has 5 heteroatoms. The van der Waals surface area contributed by atoms with E-state index in [1.807, 2.05) is 91.0 Å². The summed E-state index contributed by atoms with van der Waals surface area (Å²) in [6, 6.07) is 28.7. The summed E-state index contributed by atoms with van der Waals surface area (Å²) in [6.45, 7) is 0. The van der Waals surface area contributed by atoms with Crippen molar-refractivity contribution in [2.24, 2.45) is 0 Å². The van der Waals surface area contributed by atoms with Crippen molar-refractivity contribution in [3.63, 3.8) is 0 Å². The molecule has 3 nitrogen and oxygen atoms in total. The average molecular weight is 358 g/mol. The van der Waals surface area contributed by atoms with Crippen molar-refractivity contribution in [1.82, 2.24) is 0 Å². The highest BCUT2D eigenvalue weighted by molar-refractivity contribution is 8.38. The van der Waals surface area contributed by atoms with Gasteiger partial charge in [0.1, 0.15) is 5.08 Å². The van der Waals surface area contributed by atoms with Gasteiger partial charge in [-0.15, -0.1) is 10.0 Å². The molecule has 0 aliphatic rings. The Balaban J connectivity index is 2.37. The molecule has 0 spiro atoms. The molecule has 0 bridgehead atoms. The molecule has 0 heterocycles. The van der Waals surface area contributed by atoms with Crippen LogP contribution in [0.3, 0.4) is 0 Å². The fraction of sp³-hybridized carbons (Fsp3) is 0.0526. The van der Waals surface area contributed by atoms with Gasteiger partial charge in [-0.3, -0.25) is 4.55 Å². The maximum absolute atomic E-state index is 11.9. The number of rotatable bonds is 5. The smallest absolute Gasteiger partial charge is 0.273 e. The lowest BCUT2D eigenvalue weighted by atomic mass is 10.4. The molecule has 0 saturated heterocycles. The van der Waals surface area contributed by atoms with E-state index in [9.17, 15) is 13.0 Å². The van der Waals surface area contributed by atoms with Crippen LogP contribution in [0.1, 0.15) is 0 Å². The van der Waals surface area contributed by atoms with Crippen molar-refractivity contribution >= 4 is 20.1 Å². The van der Waals surface area contributed by atoms with Gasteiger partial charge in [0.15, 0.2) is 0 Å². The Morgan fingerprint density at radius 3 is 1.12 bits per heavy atom. The third kappa shape index (κ3) is 3.38. The Morgan fingerprint density at radius 2 is 0.875 bits per heavy atom. The van der Waals surface area contributed by atoms with E-state index in [1.54, 1.807) is 0 Å². The van der Waals surface area contributed by atoms with Crippen LogP contribution in [0.25, 0.3) is 0 Å². The van der Waals surface area contributed by atoms with Gasteiger partial charge in [0.25, 0.3) is 10.1 Å². The van der Waals surface area contributed by atoms with E-state index in [-0.39, 0.29) is 5.08 Å². The quantitative estimate of drug-likeness (QED) is 0.666. The first kappa shape index (κ1) is 16.8. The first-order valence-corrected chi connectivity index (χ1v) is 10.8. The van der Waals surface area contributed by atoms with Crippen LogP contribution in [0.2, 0.25) is 0 Å². The van der Waals surface area contributed by atoms with Gasteiger partial charge in [0, 0.05) is 0 Å². The lowest BCUT2D eigenvalue weighted by Crippen LogP contribution is -2.15. The van der Waals surface area contributed by atoms with Crippen LogP contribution in [0, 0.1) is 0 Å². The molecule has 0 aliphatic carbocycles. The van der Waals surface area contributed by atoms with Gasteiger partial charge in [-0.1, -0.05) is 54.6 Å². The Kier molecular flexibility index (Phi) is 4.76. The molecule has 3 aromatic rings. The van der Waals surface area contributed by atoms with Gasteiger partial charge >= 0.3 is 0 Å². The van der Waals surface area contributed by atoms with E-state index in [0.29, 0.717) is 0 Å². The first-order valence-electron chi connectivity index (χ1n) is 7.44. The van der Waals surface area contributed by atoms with Gasteiger partial charge in [0.2, 0.25) is 0 Å². The van der Waals surface area contributed by atoms with Crippen molar-refractivity contribution in [3.8, 4) is 0 Å². The van der Waals surface area contributed by atoms with Crippen LogP contribution in [0.15, 0.2) is 106 Å². The Morgan fingerprint density at radius 1 is 0.583 bits per heavy atom. The van der Waals surface area contributed by atoms with Gasteiger partial charge < -0.3 is 0 Å². The molecule has 0 aliphatic heterocycles. The molecule has 24 heavy (non-hydrogen) atoms. The second-order valence-electron chi connectivity index (χ2n) is 5.38. The van der Waals surface area contributed by atoms with Gasteiger partial charge in [0.05, 0.1) is 0 Å². The van der Waals surface area contributed by atoms with Gasteiger partial charge in [-0.05, 0) is 51.1 Å². The van der Waals surface area contributed by atoms with E-state index in [4.69, 9.17) is 0 Å². The lowest BCUT2D eigenvalue weighted by Gasteiger charge is -2.40. The van der Waals surface area contributed by atoms with Crippen LogP contribution in [0.5, 0.6) is 0 Å². The largest absolute Gasteiger partial charge is 0.285 e. The molecule has 124 valence electrons. The zero-order valence-corrected chi connectivity index (χ0v) is 14.6. The molecule has 1 N–H and O–H groups in total. The fourth-order valence-corrected chi connectivity index (χ4v) is 8.90. The highest BCUT2D eigenvalue weighted by atomic mass is 32.3. The van der Waals surface area contributed by atoms with Gasteiger partial charge in [-0.2, -0.15) is 8.42 Å². The molecular weight excluding hydrogens is 340 g/mol. The SMILES string of the molecule is O=S(=O)(O)CS(c1ccccc1)(c1ccccc1)c1ccccc1. The molecule has 0 atom stereocenters.